The van der Waals surface area contributed by atoms with Crippen LogP contribution in [0.4, 0.5) is 0 Å². The summed E-state index contributed by atoms with van der Waals surface area (Å²) in [5.41, 5.74) is 28.1. The fourth-order valence-electron chi connectivity index (χ4n) is 20.4. The van der Waals surface area contributed by atoms with E-state index in [1.807, 2.05) is 12.1 Å². The minimum atomic E-state index is -1.25. The summed E-state index contributed by atoms with van der Waals surface area (Å²) in [5, 5.41) is 21.0. The number of rotatable bonds is 56. The summed E-state index contributed by atoms with van der Waals surface area (Å²) in [6.45, 7) is 17.2. The maximum Gasteiger partial charge on any atom is 0.339 e. The van der Waals surface area contributed by atoms with Gasteiger partial charge in [0.25, 0.3) is 0 Å². The van der Waals surface area contributed by atoms with E-state index < -0.39 is 11.4 Å². The Balaban J connectivity index is 1.01. The zero-order valence-electron chi connectivity index (χ0n) is 76.1. The van der Waals surface area contributed by atoms with Crippen LogP contribution in [-0.4, -0.2) is 109 Å². The largest absolute Gasteiger partial charge is 0.490 e. The van der Waals surface area contributed by atoms with Crippen molar-refractivity contribution in [1.29, 1.82) is 0 Å². The maximum atomic E-state index is 14.4. The number of aromatic carboxylic acids is 1. The lowest BCUT2D eigenvalue weighted by Crippen LogP contribution is -2.29. The van der Waals surface area contributed by atoms with Crippen LogP contribution >= 0.6 is 0 Å². The molecule has 10 aromatic carbocycles. The Kier molecular flexibility index (Phi) is 35.0. The van der Waals surface area contributed by atoms with Crippen molar-refractivity contribution in [3.05, 3.63) is 266 Å². The van der Waals surface area contributed by atoms with E-state index in [0.29, 0.717) is 51.8 Å². The van der Waals surface area contributed by atoms with Gasteiger partial charge in [-0.2, -0.15) is 0 Å². The molecule has 10 aromatic rings. The van der Waals surface area contributed by atoms with Crippen molar-refractivity contribution in [2.75, 3.05) is 86.4 Å². The monoisotopic (exact) mass is 1680 g/mol. The minimum Gasteiger partial charge on any atom is -0.490 e. The number of carbonyl (C=O) groups is 1. The van der Waals surface area contributed by atoms with Gasteiger partial charge in [0.1, 0.15) is 23.9 Å². The summed E-state index contributed by atoms with van der Waals surface area (Å²) in [7, 11) is 1.64. The van der Waals surface area contributed by atoms with E-state index in [4.69, 9.17) is 33.2 Å². The van der Waals surface area contributed by atoms with Crippen molar-refractivity contribution in [1.82, 2.24) is 0 Å². The number of carboxylic acid groups (broad SMARTS) is 1. The molecular formula is C114H138O11. The molecule has 0 heterocycles. The van der Waals surface area contributed by atoms with Crippen molar-refractivity contribution in [3.63, 3.8) is 0 Å². The zero-order valence-corrected chi connectivity index (χ0v) is 76.1. The molecule has 13 rings (SSSR count). The van der Waals surface area contributed by atoms with Gasteiger partial charge < -0.3 is 43.4 Å². The number of benzene rings is 10. The molecule has 0 fully saturated rings. The Hall–Kier alpha value is -9.36. The highest BCUT2D eigenvalue weighted by atomic mass is 16.6. The number of ether oxygens (including phenoxy) is 7. The van der Waals surface area contributed by atoms with Crippen LogP contribution < -0.4 is 4.74 Å². The van der Waals surface area contributed by atoms with Crippen molar-refractivity contribution in [3.8, 4) is 83.6 Å². The lowest BCUT2D eigenvalue weighted by Gasteiger charge is -2.35. The average Bonchev–Trinajstić information content (AvgIpc) is 1.49. The van der Waals surface area contributed by atoms with Crippen LogP contribution in [0.2, 0.25) is 0 Å². The molecule has 0 unspecified atom stereocenters. The van der Waals surface area contributed by atoms with Crippen molar-refractivity contribution in [2.45, 2.75) is 244 Å². The molecule has 0 aliphatic heterocycles. The Morgan fingerprint density at radius 2 is 0.664 bits per heavy atom. The van der Waals surface area contributed by atoms with E-state index >= 15 is 0 Å². The van der Waals surface area contributed by atoms with E-state index in [-0.39, 0.29) is 61.8 Å². The number of aliphatic hydroxyl groups is 1. The number of methoxy groups -OCH3 is 1. The first kappa shape index (κ1) is 93.3. The first-order valence-electron chi connectivity index (χ1n) is 47.7. The number of hydrogen-bond acceptors (Lipinski definition) is 10. The molecule has 0 amide bonds. The highest BCUT2D eigenvalue weighted by Crippen LogP contribution is 2.62. The lowest BCUT2D eigenvalue weighted by molar-refractivity contribution is 0.00448. The molecule has 3 aliphatic rings. The fraction of sp³-hybridized carbons (Fsp3) is 0.447. The van der Waals surface area contributed by atoms with Crippen molar-refractivity contribution in [2.24, 2.45) is 0 Å². The molecule has 0 atom stereocenters. The van der Waals surface area contributed by atoms with E-state index in [1.54, 1.807) is 7.11 Å². The molecule has 0 saturated carbocycles. The van der Waals surface area contributed by atoms with Crippen molar-refractivity contribution < 1.29 is 53.0 Å². The van der Waals surface area contributed by atoms with Gasteiger partial charge in [0.15, 0.2) is 0 Å². The Morgan fingerprint density at radius 1 is 0.344 bits per heavy atom. The van der Waals surface area contributed by atoms with Crippen LogP contribution in [-0.2, 0) is 56.1 Å². The smallest absolute Gasteiger partial charge is 0.339 e. The predicted molar refractivity (Wildman–Crippen MR) is 514 cm³/mol. The molecule has 0 bridgehead atoms. The number of carboxylic acids is 1. The predicted octanol–water partition coefficient (Wildman–Crippen LogP) is 28.0. The number of unbranched alkanes of at least 4 members (excludes halogenated alkanes) is 20. The molecule has 0 radical (unpaired) electrons. The standard InChI is InChI=1S/C114H138O11/c1-8-12-16-20-24-28-57-112(58-29-25-21-17-13-9-2)104-75-87(85-36-32-83(5)33-37-85)41-49-97(104)99-51-43-89(77-106(99)112)91-45-53-101-102-54-46-92(90-44-52-100-98-50-42-88(86-38-34-84(6)35-39-86)76-105(98)113(107(100)78-90,59-30-26-22-18-14-10-3)60-31-27-23-19-15-11-4)80-109(102)114(108(101)79-91,95-47-40-94(93(74-95)56-61-115)82-124-71-70-122-67-66-120-63-62-116)96-48-55-110(103(81-96)111(117)118)125-73-72-123-69-68-121-65-64-119-7/h32-56,74-81,116H,8-31,57-60,62-73,82H2,1-7H3,(H,117,118). The van der Waals surface area contributed by atoms with Gasteiger partial charge in [0.2, 0.25) is 0 Å². The van der Waals surface area contributed by atoms with Crippen LogP contribution in [0, 0.1) is 13.8 Å². The van der Waals surface area contributed by atoms with E-state index in [1.165, 1.54) is 212 Å². The molecule has 11 nitrogen and oxygen atoms in total. The quantitative estimate of drug-likeness (QED) is 0.0278. The normalized spacial score (nSPS) is 13.4. The van der Waals surface area contributed by atoms with Crippen LogP contribution in [0.5, 0.6) is 5.75 Å². The topological polar surface area (TPSA) is 139 Å². The van der Waals surface area contributed by atoms with E-state index in [2.05, 4.69) is 229 Å². The van der Waals surface area contributed by atoms with Gasteiger partial charge in [-0.3, -0.25) is 0 Å². The molecule has 660 valence electrons. The Bertz CT molecular complexity index is 4840. The minimum absolute atomic E-state index is 0.0128. The number of hydrogen-bond donors (Lipinski definition) is 2. The van der Waals surface area contributed by atoms with Crippen LogP contribution in [0.3, 0.4) is 0 Å². The summed E-state index contributed by atoms with van der Waals surface area (Å²) in [5.74, 6) is 1.28. The second kappa shape index (κ2) is 46.9. The molecule has 0 aromatic heterocycles. The third-order valence-corrected chi connectivity index (χ3v) is 27.1. The molecule has 0 saturated heterocycles. The highest BCUT2D eigenvalue weighted by Gasteiger charge is 2.49. The maximum absolute atomic E-state index is 14.4. The third kappa shape index (κ3) is 22.3. The average molecular weight is 1680 g/mol. The molecule has 125 heavy (non-hydrogen) atoms. The van der Waals surface area contributed by atoms with Gasteiger partial charge in [-0.25, -0.2) is 9.59 Å². The van der Waals surface area contributed by atoms with Gasteiger partial charge in [0, 0.05) is 24.0 Å². The number of carbonyl (C=O) groups excluding carboxylic acids is 1. The van der Waals surface area contributed by atoms with Crippen LogP contribution in [0.25, 0.3) is 84.0 Å². The van der Waals surface area contributed by atoms with Gasteiger partial charge in [0.05, 0.1) is 84.7 Å². The SMILES string of the molecule is CCCCCCCCC1(CCCCCCCC)c2cc(-c3ccc(C)cc3)ccc2-c2ccc(-c3ccc4c(c3)C(c3ccc(COCCOCCOCCO)c(C=C=O)c3)(c3ccc(OCCOCCOCCOC)c(C(=O)O)c3)c3cc(-c5ccc6c(c5)C(CCCCCCCC)(CCCCCCCC)c5cc(-c7ccc(C)cc7)ccc5-6)ccc3-4)cc21. The molecule has 11 heteroatoms. The summed E-state index contributed by atoms with van der Waals surface area (Å²) in [6, 6.07) is 73.7. The fourth-order valence-corrected chi connectivity index (χ4v) is 20.4. The lowest BCUT2D eigenvalue weighted by atomic mass is 9.66. The number of aliphatic hydroxyl groups excluding tert-OH is 1. The number of aryl methyl sites for hydroxylation is 2. The summed E-state index contributed by atoms with van der Waals surface area (Å²) < 4.78 is 41.1. The number of fused-ring (bicyclic) bond motifs is 9. The van der Waals surface area contributed by atoms with Crippen LogP contribution in [0.15, 0.2) is 194 Å². The second-order valence-electron chi connectivity index (χ2n) is 35.5. The first-order valence-corrected chi connectivity index (χ1v) is 47.7. The molecule has 0 spiro atoms. The Morgan fingerprint density at radius 3 is 1.04 bits per heavy atom. The summed E-state index contributed by atoms with van der Waals surface area (Å²) >= 11 is 0. The Labute approximate surface area is 747 Å². The van der Waals surface area contributed by atoms with E-state index in [9.17, 15) is 19.8 Å². The van der Waals surface area contributed by atoms with Gasteiger partial charge in [-0.1, -0.05) is 332 Å². The van der Waals surface area contributed by atoms with Crippen LogP contribution in [0.1, 0.15) is 285 Å². The molecular weight excluding hydrogens is 1550 g/mol. The highest BCUT2D eigenvalue weighted by molar-refractivity contribution is 5.96. The second-order valence-corrected chi connectivity index (χ2v) is 35.5. The first-order chi connectivity index (χ1) is 61.4. The van der Waals surface area contributed by atoms with Crippen molar-refractivity contribution >= 4 is 18.0 Å². The van der Waals surface area contributed by atoms with Gasteiger partial charge in [-0.05, 0) is 228 Å². The van der Waals surface area contributed by atoms with Gasteiger partial charge in [-0.15, -0.1) is 0 Å². The molecule has 3 aliphatic carbocycles. The zero-order chi connectivity index (χ0) is 87.2. The van der Waals surface area contributed by atoms with E-state index in [0.717, 1.165) is 113 Å². The molecule has 2 N–H and O–H groups in total. The summed E-state index contributed by atoms with van der Waals surface area (Å²) in [6.07, 6.45) is 34.9. The summed E-state index contributed by atoms with van der Waals surface area (Å²) in [4.78, 5) is 27.7. The third-order valence-electron chi connectivity index (χ3n) is 27.1. The van der Waals surface area contributed by atoms with Gasteiger partial charge >= 0.3 is 5.97 Å².